The summed E-state index contributed by atoms with van der Waals surface area (Å²) in [5, 5.41) is 3.37. The van der Waals surface area contributed by atoms with Crippen LogP contribution in [0.15, 0.2) is 22.7 Å². The van der Waals surface area contributed by atoms with E-state index in [-0.39, 0.29) is 0 Å². The molecule has 1 aliphatic heterocycles. The largest absolute Gasteiger partial charge is 0.369 e. The van der Waals surface area contributed by atoms with Gasteiger partial charge in [0.15, 0.2) is 0 Å². The average molecular weight is 311 g/mol. The van der Waals surface area contributed by atoms with Crippen LogP contribution in [-0.2, 0) is 6.54 Å². The van der Waals surface area contributed by atoms with E-state index in [4.69, 9.17) is 0 Å². The van der Waals surface area contributed by atoms with Gasteiger partial charge in [0.2, 0.25) is 0 Å². The molecule has 0 saturated carbocycles. The molecular formula is C15H23BrN2. The molecule has 18 heavy (non-hydrogen) atoms. The molecule has 1 N–H and O–H groups in total. The predicted molar refractivity (Wildman–Crippen MR) is 82.2 cm³/mol. The van der Waals surface area contributed by atoms with E-state index in [1.54, 1.807) is 0 Å². The van der Waals surface area contributed by atoms with E-state index in [1.165, 1.54) is 41.5 Å². The van der Waals surface area contributed by atoms with Crippen LogP contribution in [-0.4, -0.2) is 19.1 Å². The Hall–Kier alpha value is -0.540. The van der Waals surface area contributed by atoms with Crippen molar-refractivity contribution < 1.29 is 0 Å². The van der Waals surface area contributed by atoms with Crippen molar-refractivity contribution in [3.05, 3.63) is 28.2 Å². The van der Waals surface area contributed by atoms with E-state index in [0.29, 0.717) is 0 Å². The second-order valence-corrected chi connectivity index (χ2v) is 5.81. The van der Waals surface area contributed by atoms with Crippen molar-refractivity contribution in [3.63, 3.8) is 0 Å². The van der Waals surface area contributed by atoms with Crippen LogP contribution in [0.5, 0.6) is 0 Å². The van der Waals surface area contributed by atoms with Gasteiger partial charge >= 0.3 is 0 Å². The summed E-state index contributed by atoms with van der Waals surface area (Å²) in [6.07, 6.45) is 3.92. The minimum atomic E-state index is 0.733. The Morgan fingerprint density at radius 3 is 2.89 bits per heavy atom. The first kappa shape index (κ1) is 13.9. The second kappa shape index (κ2) is 6.58. The molecule has 1 saturated heterocycles. The van der Waals surface area contributed by atoms with Crippen LogP contribution in [0, 0.1) is 0 Å². The van der Waals surface area contributed by atoms with E-state index in [9.17, 15) is 0 Å². The van der Waals surface area contributed by atoms with Crippen molar-refractivity contribution >= 4 is 21.6 Å². The zero-order valence-corrected chi connectivity index (χ0v) is 13.0. The smallest absolute Gasteiger partial charge is 0.0380 e. The summed E-state index contributed by atoms with van der Waals surface area (Å²) in [6, 6.07) is 7.52. The van der Waals surface area contributed by atoms with Gasteiger partial charge in [0.1, 0.15) is 0 Å². The number of halogens is 1. The molecular weight excluding hydrogens is 288 g/mol. The minimum Gasteiger partial charge on any atom is -0.369 e. The Morgan fingerprint density at radius 1 is 1.39 bits per heavy atom. The van der Waals surface area contributed by atoms with Crippen molar-refractivity contribution in [2.75, 3.05) is 18.0 Å². The van der Waals surface area contributed by atoms with Crippen LogP contribution in [0.2, 0.25) is 0 Å². The van der Waals surface area contributed by atoms with Crippen molar-refractivity contribution in [1.82, 2.24) is 5.32 Å². The van der Waals surface area contributed by atoms with Crippen LogP contribution in [0.3, 0.4) is 0 Å². The number of hydrogen-bond donors (Lipinski definition) is 1. The number of anilines is 1. The molecule has 3 heteroatoms. The van der Waals surface area contributed by atoms with E-state index < -0.39 is 0 Å². The normalized spacial score (nSPS) is 19.5. The molecule has 1 aliphatic rings. The minimum absolute atomic E-state index is 0.733. The fourth-order valence-corrected chi connectivity index (χ4v) is 3.22. The van der Waals surface area contributed by atoms with Gasteiger partial charge in [0.25, 0.3) is 0 Å². The van der Waals surface area contributed by atoms with Gasteiger partial charge in [-0.2, -0.15) is 0 Å². The lowest BCUT2D eigenvalue weighted by Gasteiger charge is -2.26. The highest BCUT2D eigenvalue weighted by molar-refractivity contribution is 9.10. The monoisotopic (exact) mass is 310 g/mol. The number of hydrogen-bond acceptors (Lipinski definition) is 2. The summed E-state index contributed by atoms with van der Waals surface area (Å²) in [5.74, 6) is 0. The third-order valence-corrected chi connectivity index (χ3v) is 4.52. The summed E-state index contributed by atoms with van der Waals surface area (Å²) < 4.78 is 1.22. The quantitative estimate of drug-likeness (QED) is 0.886. The Bertz CT molecular complexity index is 392. The Labute approximate surface area is 119 Å². The predicted octanol–water partition coefficient (Wildman–Crippen LogP) is 3.94. The summed E-state index contributed by atoms with van der Waals surface area (Å²) in [6.45, 7) is 7.58. The molecule has 0 amide bonds. The molecule has 2 rings (SSSR count). The van der Waals surface area contributed by atoms with Gasteiger partial charge in [-0.15, -0.1) is 0 Å². The Kier molecular flexibility index (Phi) is 5.07. The Balaban J connectivity index is 2.12. The summed E-state index contributed by atoms with van der Waals surface area (Å²) in [5.41, 5.74) is 2.71. The first-order chi connectivity index (χ1) is 8.76. The molecule has 0 spiro atoms. The fourth-order valence-electron chi connectivity index (χ4n) is 2.72. The standard InChI is InChI=1S/C15H23BrN2/c1-3-13-6-5-9-18(13)14-8-7-12(11-17-4-2)15(16)10-14/h7-8,10,13,17H,3-6,9,11H2,1-2H3. The van der Waals surface area contributed by atoms with Crippen LogP contribution in [0.1, 0.15) is 38.7 Å². The average Bonchev–Trinajstić information content (AvgIpc) is 2.85. The van der Waals surface area contributed by atoms with Gasteiger partial charge in [-0.1, -0.05) is 35.8 Å². The first-order valence-corrected chi connectivity index (χ1v) is 7.81. The molecule has 0 aromatic heterocycles. The van der Waals surface area contributed by atoms with E-state index in [0.717, 1.165) is 19.1 Å². The van der Waals surface area contributed by atoms with E-state index in [1.807, 2.05) is 0 Å². The number of rotatable bonds is 5. The zero-order chi connectivity index (χ0) is 13.0. The van der Waals surface area contributed by atoms with E-state index >= 15 is 0 Å². The van der Waals surface area contributed by atoms with Crippen molar-refractivity contribution in [1.29, 1.82) is 0 Å². The lowest BCUT2D eigenvalue weighted by molar-refractivity contribution is 0.645. The summed E-state index contributed by atoms with van der Waals surface area (Å²) >= 11 is 3.70. The maximum Gasteiger partial charge on any atom is 0.0380 e. The van der Waals surface area contributed by atoms with Gasteiger partial charge in [-0.3, -0.25) is 0 Å². The highest BCUT2D eigenvalue weighted by Gasteiger charge is 2.23. The van der Waals surface area contributed by atoms with E-state index in [2.05, 4.69) is 58.2 Å². The van der Waals surface area contributed by atoms with Gasteiger partial charge < -0.3 is 10.2 Å². The molecule has 1 unspecified atom stereocenters. The maximum atomic E-state index is 3.70. The highest BCUT2D eigenvalue weighted by atomic mass is 79.9. The van der Waals surface area contributed by atoms with Crippen molar-refractivity contribution in [3.8, 4) is 0 Å². The molecule has 1 aromatic rings. The lowest BCUT2D eigenvalue weighted by atomic mass is 10.1. The van der Waals surface area contributed by atoms with Gasteiger partial charge in [0, 0.05) is 29.3 Å². The van der Waals surface area contributed by atoms with Crippen LogP contribution < -0.4 is 10.2 Å². The first-order valence-electron chi connectivity index (χ1n) is 7.02. The van der Waals surface area contributed by atoms with Gasteiger partial charge in [-0.25, -0.2) is 0 Å². The zero-order valence-electron chi connectivity index (χ0n) is 11.4. The maximum absolute atomic E-state index is 3.70. The second-order valence-electron chi connectivity index (χ2n) is 4.95. The fraction of sp³-hybridized carbons (Fsp3) is 0.600. The molecule has 2 nitrogen and oxygen atoms in total. The van der Waals surface area contributed by atoms with Crippen LogP contribution in [0.25, 0.3) is 0 Å². The topological polar surface area (TPSA) is 15.3 Å². The molecule has 1 heterocycles. The van der Waals surface area contributed by atoms with Crippen LogP contribution >= 0.6 is 15.9 Å². The molecule has 0 bridgehead atoms. The molecule has 1 aromatic carbocycles. The lowest BCUT2D eigenvalue weighted by Crippen LogP contribution is -2.28. The van der Waals surface area contributed by atoms with Crippen molar-refractivity contribution in [2.24, 2.45) is 0 Å². The SMILES string of the molecule is CCNCc1ccc(N2CCCC2CC)cc1Br. The third kappa shape index (κ3) is 3.07. The highest BCUT2D eigenvalue weighted by Crippen LogP contribution is 2.30. The van der Waals surface area contributed by atoms with Gasteiger partial charge in [0.05, 0.1) is 0 Å². The Morgan fingerprint density at radius 2 is 2.22 bits per heavy atom. The number of nitrogens with zero attached hydrogens (tertiary/aromatic N) is 1. The van der Waals surface area contributed by atoms with Crippen LogP contribution in [0.4, 0.5) is 5.69 Å². The molecule has 1 fully saturated rings. The molecule has 1 atom stereocenters. The van der Waals surface area contributed by atoms with Crippen molar-refractivity contribution in [2.45, 2.75) is 45.7 Å². The number of benzene rings is 1. The molecule has 0 radical (unpaired) electrons. The number of nitrogens with one attached hydrogen (secondary N) is 1. The van der Waals surface area contributed by atoms with Gasteiger partial charge in [-0.05, 0) is 43.5 Å². The molecule has 100 valence electrons. The molecule has 0 aliphatic carbocycles. The summed E-state index contributed by atoms with van der Waals surface area (Å²) in [7, 11) is 0. The summed E-state index contributed by atoms with van der Waals surface area (Å²) in [4.78, 5) is 2.56. The third-order valence-electron chi connectivity index (χ3n) is 3.78.